The number of aliphatic hydroxyl groups is 1. The molecular formula is C8H13N3O. The van der Waals surface area contributed by atoms with Crippen LogP contribution in [-0.2, 0) is 0 Å². The Balaban J connectivity index is 2.73. The van der Waals surface area contributed by atoms with E-state index in [4.69, 9.17) is 10.8 Å². The van der Waals surface area contributed by atoms with Crippen molar-refractivity contribution in [1.29, 1.82) is 0 Å². The summed E-state index contributed by atoms with van der Waals surface area (Å²) < 4.78 is 0. The van der Waals surface area contributed by atoms with Crippen LogP contribution in [0.2, 0.25) is 0 Å². The number of hydrogen-bond acceptors (Lipinski definition) is 4. The first-order valence-electron chi connectivity index (χ1n) is 3.77. The van der Waals surface area contributed by atoms with E-state index >= 15 is 0 Å². The van der Waals surface area contributed by atoms with Crippen molar-refractivity contribution < 1.29 is 5.11 Å². The minimum Gasteiger partial charge on any atom is -0.395 e. The average molecular weight is 167 g/mol. The predicted octanol–water partition coefficient (Wildman–Crippen LogP) is 0.0923. The largest absolute Gasteiger partial charge is 0.395 e. The summed E-state index contributed by atoms with van der Waals surface area (Å²) in [5.74, 6) is 0.497. The molecule has 0 bridgehead atoms. The lowest BCUT2D eigenvalue weighted by Crippen LogP contribution is -2.21. The summed E-state index contributed by atoms with van der Waals surface area (Å²) in [6.07, 6.45) is 1.65. The second-order valence-corrected chi connectivity index (χ2v) is 2.58. The number of rotatable bonds is 3. The summed E-state index contributed by atoms with van der Waals surface area (Å²) in [6, 6.07) is 3.63. The van der Waals surface area contributed by atoms with E-state index in [9.17, 15) is 0 Å². The Labute approximate surface area is 71.6 Å². The molecule has 0 aromatic carbocycles. The standard InChI is InChI=1S/C8H13N3O/c1-11(4-5-12)7-2-3-10-8(9)6-7/h2-3,6,12H,4-5H2,1H3,(H2,9,10). The summed E-state index contributed by atoms with van der Waals surface area (Å²) in [5.41, 5.74) is 6.46. The number of aromatic nitrogens is 1. The molecule has 0 spiro atoms. The molecule has 66 valence electrons. The van der Waals surface area contributed by atoms with Gasteiger partial charge in [0, 0.05) is 31.5 Å². The number of pyridine rings is 1. The van der Waals surface area contributed by atoms with Gasteiger partial charge in [0.25, 0.3) is 0 Å². The fraction of sp³-hybridized carbons (Fsp3) is 0.375. The van der Waals surface area contributed by atoms with Crippen molar-refractivity contribution in [2.75, 3.05) is 30.8 Å². The zero-order valence-corrected chi connectivity index (χ0v) is 7.07. The number of nitrogen functional groups attached to an aromatic ring is 1. The van der Waals surface area contributed by atoms with Gasteiger partial charge in [0.15, 0.2) is 0 Å². The first-order valence-corrected chi connectivity index (χ1v) is 3.77. The fourth-order valence-electron chi connectivity index (χ4n) is 0.953. The van der Waals surface area contributed by atoms with Crippen LogP contribution in [-0.4, -0.2) is 30.3 Å². The van der Waals surface area contributed by atoms with E-state index in [1.54, 1.807) is 12.3 Å². The van der Waals surface area contributed by atoms with E-state index in [0.29, 0.717) is 12.4 Å². The third-order valence-corrected chi connectivity index (χ3v) is 1.64. The van der Waals surface area contributed by atoms with Crippen molar-refractivity contribution in [3.8, 4) is 0 Å². The van der Waals surface area contributed by atoms with Gasteiger partial charge < -0.3 is 15.7 Å². The van der Waals surface area contributed by atoms with Crippen molar-refractivity contribution in [3.05, 3.63) is 18.3 Å². The van der Waals surface area contributed by atoms with Gasteiger partial charge in [0.2, 0.25) is 0 Å². The van der Waals surface area contributed by atoms with Gasteiger partial charge in [-0.25, -0.2) is 4.98 Å². The Bertz CT molecular complexity index is 252. The SMILES string of the molecule is CN(CCO)c1ccnc(N)c1. The Morgan fingerprint density at radius 2 is 2.42 bits per heavy atom. The fourth-order valence-corrected chi connectivity index (χ4v) is 0.953. The van der Waals surface area contributed by atoms with Crippen LogP contribution >= 0.6 is 0 Å². The van der Waals surface area contributed by atoms with Gasteiger partial charge >= 0.3 is 0 Å². The molecule has 0 atom stereocenters. The lowest BCUT2D eigenvalue weighted by atomic mass is 10.3. The smallest absolute Gasteiger partial charge is 0.125 e. The predicted molar refractivity (Wildman–Crippen MR) is 49.0 cm³/mol. The van der Waals surface area contributed by atoms with Gasteiger partial charge in [-0.2, -0.15) is 0 Å². The minimum absolute atomic E-state index is 0.138. The molecule has 1 rings (SSSR count). The maximum absolute atomic E-state index is 8.68. The highest BCUT2D eigenvalue weighted by Gasteiger charge is 1.99. The molecule has 0 radical (unpaired) electrons. The van der Waals surface area contributed by atoms with E-state index in [2.05, 4.69) is 4.98 Å². The Morgan fingerprint density at radius 3 is 3.00 bits per heavy atom. The molecular weight excluding hydrogens is 154 g/mol. The van der Waals surface area contributed by atoms with Gasteiger partial charge in [0.05, 0.1) is 6.61 Å². The Morgan fingerprint density at radius 1 is 1.67 bits per heavy atom. The second kappa shape index (κ2) is 3.92. The van der Waals surface area contributed by atoms with E-state index in [-0.39, 0.29) is 6.61 Å². The van der Waals surface area contributed by atoms with Crippen LogP contribution in [0.1, 0.15) is 0 Å². The lowest BCUT2D eigenvalue weighted by Gasteiger charge is -2.17. The maximum atomic E-state index is 8.68. The summed E-state index contributed by atoms with van der Waals surface area (Å²) in [4.78, 5) is 5.79. The van der Waals surface area contributed by atoms with Crippen molar-refractivity contribution in [2.45, 2.75) is 0 Å². The summed E-state index contributed by atoms with van der Waals surface area (Å²) >= 11 is 0. The van der Waals surface area contributed by atoms with Crippen LogP contribution in [0.5, 0.6) is 0 Å². The van der Waals surface area contributed by atoms with Gasteiger partial charge in [0.1, 0.15) is 5.82 Å². The van der Waals surface area contributed by atoms with Crippen molar-refractivity contribution in [1.82, 2.24) is 4.98 Å². The van der Waals surface area contributed by atoms with Crippen molar-refractivity contribution in [3.63, 3.8) is 0 Å². The molecule has 0 aliphatic carbocycles. The number of nitrogens with two attached hydrogens (primary N) is 1. The number of anilines is 2. The molecule has 0 unspecified atom stereocenters. The molecule has 4 nitrogen and oxygen atoms in total. The first kappa shape index (κ1) is 8.80. The molecule has 1 aromatic rings. The number of likely N-dealkylation sites (N-methyl/N-ethyl adjacent to an activating group) is 1. The van der Waals surface area contributed by atoms with Gasteiger partial charge in [-0.3, -0.25) is 0 Å². The van der Waals surface area contributed by atoms with Gasteiger partial charge in [-0.05, 0) is 6.07 Å². The Hall–Kier alpha value is -1.29. The normalized spacial score (nSPS) is 9.83. The molecule has 0 saturated heterocycles. The van der Waals surface area contributed by atoms with Crippen LogP contribution in [0, 0.1) is 0 Å². The minimum atomic E-state index is 0.138. The van der Waals surface area contributed by atoms with Crippen molar-refractivity contribution in [2.24, 2.45) is 0 Å². The zero-order valence-electron chi connectivity index (χ0n) is 7.07. The van der Waals surface area contributed by atoms with Gasteiger partial charge in [-0.15, -0.1) is 0 Å². The van der Waals surface area contributed by atoms with Crippen LogP contribution in [0.25, 0.3) is 0 Å². The molecule has 0 aliphatic rings. The Kier molecular flexibility index (Phi) is 2.88. The van der Waals surface area contributed by atoms with Crippen LogP contribution < -0.4 is 10.6 Å². The quantitative estimate of drug-likeness (QED) is 0.670. The van der Waals surface area contributed by atoms with E-state index in [0.717, 1.165) is 5.69 Å². The molecule has 3 N–H and O–H groups in total. The maximum Gasteiger partial charge on any atom is 0.125 e. The number of aliphatic hydroxyl groups excluding tert-OH is 1. The molecule has 0 fully saturated rings. The average Bonchev–Trinajstić information content (AvgIpc) is 2.05. The first-order chi connectivity index (χ1) is 5.74. The summed E-state index contributed by atoms with van der Waals surface area (Å²) in [6.45, 7) is 0.738. The van der Waals surface area contributed by atoms with Gasteiger partial charge in [-0.1, -0.05) is 0 Å². The van der Waals surface area contributed by atoms with Crippen LogP contribution in [0.4, 0.5) is 11.5 Å². The molecule has 12 heavy (non-hydrogen) atoms. The van der Waals surface area contributed by atoms with E-state index in [1.165, 1.54) is 0 Å². The lowest BCUT2D eigenvalue weighted by molar-refractivity contribution is 0.304. The van der Waals surface area contributed by atoms with Crippen LogP contribution in [0.3, 0.4) is 0 Å². The third-order valence-electron chi connectivity index (χ3n) is 1.64. The highest BCUT2D eigenvalue weighted by Crippen LogP contribution is 2.12. The molecule has 0 amide bonds. The van der Waals surface area contributed by atoms with Crippen LogP contribution in [0.15, 0.2) is 18.3 Å². The number of hydrogen-bond donors (Lipinski definition) is 2. The highest BCUT2D eigenvalue weighted by molar-refractivity contribution is 5.51. The van der Waals surface area contributed by atoms with E-state index < -0.39 is 0 Å². The zero-order chi connectivity index (χ0) is 8.97. The molecule has 0 aliphatic heterocycles. The molecule has 0 saturated carbocycles. The summed E-state index contributed by atoms with van der Waals surface area (Å²) in [5, 5.41) is 8.68. The van der Waals surface area contributed by atoms with E-state index in [1.807, 2.05) is 18.0 Å². The van der Waals surface area contributed by atoms with Crippen molar-refractivity contribution >= 4 is 11.5 Å². The topological polar surface area (TPSA) is 62.4 Å². The number of nitrogens with zero attached hydrogens (tertiary/aromatic N) is 2. The molecule has 1 heterocycles. The molecule has 4 heteroatoms. The third kappa shape index (κ3) is 2.10. The molecule has 1 aromatic heterocycles. The monoisotopic (exact) mass is 167 g/mol. The summed E-state index contributed by atoms with van der Waals surface area (Å²) in [7, 11) is 1.89. The second-order valence-electron chi connectivity index (χ2n) is 2.58. The highest BCUT2D eigenvalue weighted by atomic mass is 16.3.